The maximum absolute atomic E-state index is 12.5. The Kier molecular flexibility index (Phi) is 3.67. The quantitative estimate of drug-likeness (QED) is 0.772. The first kappa shape index (κ1) is 15.6. The van der Waals surface area contributed by atoms with Crippen LogP contribution in [0.5, 0.6) is 0 Å². The number of carbonyl (C=O) groups excluding carboxylic acids is 1. The number of nitrogens with zero attached hydrogens (tertiary/aromatic N) is 3. The Morgan fingerprint density at radius 3 is 2.92 bits per heavy atom. The van der Waals surface area contributed by atoms with Gasteiger partial charge in [-0.05, 0) is 31.9 Å². The van der Waals surface area contributed by atoms with Gasteiger partial charge < -0.3 is 10.6 Å². The number of benzene rings is 1. The van der Waals surface area contributed by atoms with Crippen molar-refractivity contribution in [2.75, 3.05) is 10.6 Å². The topological polar surface area (TPSA) is 71.3 Å². The van der Waals surface area contributed by atoms with Gasteiger partial charge in [0, 0.05) is 29.4 Å². The Morgan fingerprint density at radius 2 is 2.12 bits per heavy atom. The lowest BCUT2D eigenvalue weighted by atomic mass is 9.99. The van der Waals surface area contributed by atoms with Gasteiger partial charge in [-0.15, -0.1) is 0 Å². The second-order valence-electron chi connectivity index (χ2n) is 6.48. The number of nitrogens with one attached hydrogen (secondary N) is 2. The van der Waals surface area contributed by atoms with Crippen molar-refractivity contribution < 1.29 is 4.79 Å². The monoisotopic (exact) mass is 335 g/mol. The van der Waals surface area contributed by atoms with Crippen LogP contribution < -0.4 is 10.6 Å². The van der Waals surface area contributed by atoms with Crippen LogP contribution in [0.3, 0.4) is 0 Å². The standard InChI is InChI=1S/C19H21N5O/c1-4-14-10-17(24-18(20-14)11(2)12(3)23-24)21-16-9-13-7-5-6-8-15(13)22-19(16)25/h5-8,10,16,21H,4,9H2,1-3H3,(H,22,25)/t16-/m0/s1. The Labute approximate surface area is 146 Å². The molecule has 0 saturated carbocycles. The SMILES string of the molecule is CCc1cc(N[C@H]2Cc3ccccc3NC2=O)n2nc(C)c(C)c2n1. The highest BCUT2D eigenvalue weighted by molar-refractivity contribution is 5.99. The van der Waals surface area contributed by atoms with E-state index in [9.17, 15) is 4.79 Å². The lowest BCUT2D eigenvalue weighted by Crippen LogP contribution is -2.40. The Bertz CT molecular complexity index is 975. The van der Waals surface area contributed by atoms with Crippen molar-refractivity contribution in [1.82, 2.24) is 14.6 Å². The molecule has 25 heavy (non-hydrogen) atoms. The molecule has 0 saturated heterocycles. The fraction of sp³-hybridized carbons (Fsp3) is 0.316. The third kappa shape index (κ3) is 2.63. The summed E-state index contributed by atoms with van der Waals surface area (Å²) in [5.41, 5.74) is 5.86. The van der Waals surface area contributed by atoms with Crippen LogP contribution in [-0.4, -0.2) is 26.5 Å². The smallest absolute Gasteiger partial charge is 0.247 e. The molecule has 0 spiro atoms. The van der Waals surface area contributed by atoms with E-state index in [0.717, 1.165) is 46.1 Å². The van der Waals surface area contributed by atoms with E-state index in [0.29, 0.717) is 6.42 Å². The normalized spacial score (nSPS) is 16.6. The van der Waals surface area contributed by atoms with E-state index in [-0.39, 0.29) is 11.9 Å². The summed E-state index contributed by atoms with van der Waals surface area (Å²) in [6, 6.07) is 9.55. The molecule has 1 amide bonds. The van der Waals surface area contributed by atoms with Gasteiger partial charge in [0.2, 0.25) is 5.91 Å². The maximum atomic E-state index is 12.5. The second kappa shape index (κ2) is 5.88. The van der Waals surface area contributed by atoms with Crippen LogP contribution in [0, 0.1) is 13.8 Å². The van der Waals surface area contributed by atoms with Crippen molar-refractivity contribution in [2.24, 2.45) is 0 Å². The number of anilines is 2. The molecule has 0 aliphatic carbocycles. The molecule has 6 nitrogen and oxygen atoms in total. The van der Waals surface area contributed by atoms with Gasteiger partial charge in [-0.2, -0.15) is 9.61 Å². The number of hydrogen-bond donors (Lipinski definition) is 2. The number of rotatable bonds is 3. The molecule has 3 heterocycles. The first-order valence-corrected chi connectivity index (χ1v) is 8.58. The van der Waals surface area contributed by atoms with Gasteiger partial charge >= 0.3 is 0 Å². The molecule has 0 unspecified atom stereocenters. The van der Waals surface area contributed by atoms with Crippen LogP contribution in [0.25, 0.3) is 5.65 Å². The van der Waals surface area contributed by atoms with E-state index < -0.39 is 0 Å². The zero-order valence-electron chi connectivity index (χ0n) is 14.6. The van der Waals surface area contributed by atoms with E-state index in [1.54, 1.807) is 4.52 Å². The van der Waals surface area contributed by atoms with Gasteiger partial charge in [0.05, 0.1) is 5.69 Å². The van der Waals surface area contributed by atoms with Gasteiger partial charge in [-0.25, -0.2) is 4.98 Å². The number of aromatic nitrogens is 3. The number of hydrogen-bond acceptors (Lipinski definition) is 4. The summed E-state index contributed by atoms with van der Waals surface area (Å²) in [5.74, 6) is 0.778. The van der Waals surface area contributed by atoms with Crippen molar-refractivity contribution in [2.45, 2.75) is 39.7 Å². The number of para-hydroxylation sites is 1. The van der Waals surface area contributed by atoms with Gasteiger partial charge in [-0.1, -0.05) is 25.1 Å². The highest BCUT2D eigenvalue weighted by Gasteiger charge is 2.27. The van der Waals surface area contributed by atoms with Crippen LogP contribution in [0.2, 0.25) is 0 Å². The molecule has 1 aliphatic heterocycles. The summed E-state index contributed by atoms with van der Waals surface area (Å²) in [6.07, 6.45) is 1.47. The van der Waals surface area contributed by atoms with Crippen LogP contribution in [0.1, 0.15) is 29.4 Å². The summed E-state index contributed by atoms with van der Waals surface area (Å²) >= 11 is 0. The molecular formula is C19H21N5O. The van der Waals surface area contributed by atoms with Crippen LogP contribution in [0.4, 0.5) is 11.5 Å². The molecule has 1 aromatic carbocycles. The molecular weight excluding hydrogens is 314 g/mol. The Balaban J connectivity index is 1.73. The average Bonchev–Trinajstić information content (AvgIpc) is 2.90. The minimum Gasteiger partial charge on any atom is -0.358 e. The zero-order valence-corrected chi connectivity index (χ0v) is 14.6. The van der Waals surface area contributed by atoms with Crippen LogP contribution in [0.15, 0.2) is 30.3 Å². The summed E-state index contributed by atoms with van der Waals surface area (Å²) in [6.45, 7) is 6.07. The highest BCUT2D eigenvalue weighted by Crippen LogP contribution is 2.25. The first-order chi connectivity index (χ1) is 12.1. The summed E-state index contributed by atoms with van der Waals surface area (Å²) in [7, 11) is 0. The number of fused-ring (bicyclic) bond motifs is 2. The molecule has 2 aromatic heterocycles. The lowest BCUT2D eigenvalue weighted by molar-refractivity contribution is -0.117. The fourth-order valence-corrected chi connectivity index (χ4v) is 3.21. The van der Waals surface area contributed by atoms with E-state index in [2.05, 4.69) is 27.6 Å². The van der Waals surface area contributed by atoms with E-state index in [1.807, 2.05) is 44.2 Å². The van der Waals surface area contributed by atoms with Crippen LogP contribution in [-0.2, 0) is 17.6 Å². The molecule has 4 rings (SSSR count). The lowest BCUT2D eigenvalue weighted by Gasteiger charge is -2.26. The molecule has 3 aromatic rings. The minimum absolute atomic E-state index is 0.0256. The summed E-state index contributed by atoms with van der Waals surface area (Å²) in [4.78, 5) is 17.2. The molecule has 6 heteroatoms. The molecule has 1 atom stereocenters. The van der Waals surface area contributed by atoms with Gasteiger partial charge in [-0.3, -0.25) is 4.79 Å². The molecule has 2 N–H and O–H groups in total. The molecule has 0 fully saturated rings. The molecule has 0 radical (unpaired) electrons. The highest BCUT2D eigenvalue weighted by atomic mass is 16.2. The van der Waals surface area contributed by atoms with Gasteiger partial charge in [0.25, 0.3) is 0 Å². The van der Waals surface area contributed by atoms with Crippen molar-refractivity contribution in [3.8, 4) is 0 Å². The number of aryl methyl sites for hydroxylation is 3. The van der Waals surface area contributed by atoms with Crippen molar-refractivity contribution in [3.05, 3.63) is 52.8 Å². The maximum Gasteiger partial charge on any atom is 0.247 e. The fourth-order valence-electron chi connectivity index (χ4n) is 3.21. The second-order valence-corrected chi connectivity index (χ2v) is 6.48. The summed E-state index contributed by atoms with van der Waals surface area (Å²) < 4.78 is 1.80. The minimum atomic E-state index is -0.338. The predicted molar refractivity (Wildman–Crippen MR) is 98.0 cm³/mol. The summed E-state index contributed by atoms with van der Waals surface area (Å²) in [5, 5.41) is 10.9. The van der Waals surface area contributed by atoms with E-state index >= 15 is 0 Å². The molecule has 1 aliphatic rings. The number of amides is 1. The Morgan fingerprint density at radius 1 is 1.32 bits per heavy atom. The van der Waals surface area contributed by atoms with Crippen molar-refractivity contribution in [3.63, 3.8) is 0 Å². The third-order valence-electron chi connectivity index (χ3n) is 4.81. The largest absolute Gasteiger partial charge is 0.358 e. The van der Waals surface area contributed by atoms with Crippen molar-refractivity contribution in [1.29, 1.82) is 0 Å². The van der Waals surface area contributed by atoms with Crippen molar-refractivity contribution >= 4 is 23.1 Å². The van der Waals surface area contributed by atoms with Gasteiger partial charge in [0.15, 0.2) is 5.65 Å². The average molecular weight is 335 g/mol. The predicted octanol–water partition coefficient (Wildman–Crippen LogP) is 2.88. The number of carbonyl (C=O) groups is 1. The first-order valence-electron chi connectivity index (χ1n) is 8.58. The zero-order chi connectivity index (χ0) is 17.6. The Hall–Kier alpha value is -2.89. The molecule has 128 valence electrons. The third-order valence-corrected chi connectivity index (χ3v) is 4.81. The molecule has 0 bridgehead atoms. The van der Waals surface area contributed by atoms with Gasteiger partial charge in [0.1, 0.15) is 11.9 Å². The van der Waals surface area contributed by atoms with Crippen LogP contribution >= 0.6 is 0 Å². The van der Waals surface area contributed by atoms with E-state index in [1.165, 1.54) is 0 Å². The van der Waals surface area contributed by atoms with E-state index in [4.69, 9.17) is 0 Å².